The molecular formula is C15H23FN2O. The van der Waals surface area contributed by atoms with Gasteiger partial charge < -0.3 is 15.0 Å². The first kappa shape index (κ1) is 14.3. The van der Waals surface area contributed by atoms with Crippen LogP contribution in [0.2, 0.25) is 0 Å². The van der Waals surface area contributed by atoms with E-state index in [1.165, 1.54) is 20.0 Å². The van der Waals surface area contributed by atoms with Crippen LogP contribution in [0.1, 0.15) is 24.8 Å². The molecule has 1 aliphatic rings. The van der Waals surface area contributed by atoms with Crippen molar-refractivity contribution >= 4 is 0 Å². The monoisotopic (exact) mass is 266 g/mol. The zero-order valence-corrected chi connectivity index (χ0v) is 11.8. The summed E-state index contributed by atoms with van der Waals surface area (Å²) < 4.78 is 18.5. The van der Waals surface area contributed by atoms with E-state index in [1.54, 1.807) is 12.1 Å². The van der Waals surface area contributed by atoms with Crippen LogP contribution in [0.3, 0.4) is 0 Å². The Labute approximate surface area is 114 Å². The number of halogens is 1. The highest BCUT2D eigenvalue weighted by molar-refractivity contribution is 5.29. The number of nitrogens with zero attached hydrogens (tertiary/aromatic N) is 1. The third kappa shape index (κ3) is 4.18. The normalized spacial score (nSPS) is 19.1. The van der Waals surface area contributed by atoms with E-state index in [0.29, 0.717) is 11.8 Å². The van der Waals surface area contributed by atoms with Crippen LogP contribution in [0.25, 0.3) is 0 Å². The van der Waals surface area contributed by atoms with E-state index in [9.17, 15) is 4.39 Å². The van der Waals surface area contributed by atoms with Crippen LogP contribution >= 0.6 is 0 Å². The Bertz CT molecular complexity index is 405. The van der Waals surface area contributed by atoms with Crippen molar-refractivity contribution in [2.45, 2.75) is 31.8 Å². The van der Waals surface area contributed by atoms with E-state index >= 15 is 0 Å². The number of benzene rings is 1. The lowest BCUT2D eigenvalue weighted by molar-refractivity contribution is 0.304. The molecule has 0 spiro atoms. The molecule has 0 radical (unpaired) electrons. The maximum atomic E-state index is 13.6. The van der Waals surface area contributed by atoms with Crippen molar-refractivity contribution in [3.63, 3.8) is 0 Å². The third-order valence-electron chi connectivity index (χ3n) is 3.69. The second-order valence-corrected chi connectivity index (χ2v) is 5.29. The molecule has 1 aromatic rings. The second-order valence-electron chi connectivity index (χ2n) is 5.29. The van der Waals surface area contributed by atoms with Gasteiger partial charge in [-0.15, -0.1) is 0 Å². The molecule has 1 saturated heterocycles. The summed E-state index contributed by atoms with van der Waals surface area (Å²) in [6.45, 7) is 2.96. The molecule has 1 atom stereocenters. The molecule has 1 aromatic carbocycles. The lowest BCUT2D eigenvalue weighted by atomic mass is 10.1. The van der Waals surface area contributed by atoms with E-state index in [0.717, 1.165) is 31.6 Å². The van der Waals surface area contributed by atoms with Crippen molar-refractivity contribution in [1.82, 2.24) is 10.2 Å². The first-order valence-corrected chi connectivity index (χ1v) is 6.93. The summed E-state index contributed by atoms with van der Waals surface area (Å²) in [4.78, 5) is 2.24. The maximum Gasteiger partial charge on any atom is 0.165 e. The average molecular weight is 266 g/mol. The van der Waals surface area contributed by atoms with Crippen LogP contribution < -0.4 is 10.1 Å². The Morgan fingerprint density at radius 1 is 1.47 bits per heavy atom. The van der Waals surface area contributed by atoms with Gasteiger partial charge in [-0.2, -0.15) is 0 Å². The summed E-state index contributed by atoms with van der Waals surface area (Å²) in [6.07, 6.45) is 3.73. The molecule has 4 heteroatoms. The molecular weight excluding hydrogens is 243 g/mol. The highest BCUT2D eigenvalue weighted by Crippen LogP contribution is 2.18. The minimum Gasteiger partial charge on any atom is -0.494 e. The molecule has 0 saturated carbocycles. The Kier molecular flexibility index (Phi) is 5.16. The Morgan fingerprint density at radius 2 is 2.32 bits per heavy atom. The van der Waals surface area contributed by atoms with Gasteiger partial charge in [-0.3, -0.25) is 0 Å². The van der Waals surface area contributed by atoms with Crippen molar-refractivity contribution in [2.24, 2.45) is 0 Å². The summed E-state index contributed by atoms with van der Waals surface area (Å²) in [7, 11) is 3.57. The molecule has 0 aromatic heterocycles. The van der Waals surface area contributed by atoms with Gasteiger partial charge in [0, 0.05) is 12.6 Å². The fourth-order valence-corrected chi connectivity index (χ4v) is 2.58. The lowest BCUT2D eigenvalue weighted by Gasteiger charge is -2.19. The summed E-state index contributed by atoms with van der Waals surface area (Å²) >= 11 is 0. The van der Waals surface area contributed by atoms with Gasteiger partial charge in [0.15, 0.2) is 11.6 Å². The minimum atomic E-state index is -0.286. The van der Waals surface area contributed by atoms with Crippen molar-refractivity contribution in [2.75, 3.05) is 27.2 Å². The molecule has 106 valence electrons. The highest BCUT2D eigenvalue weighted by Gasteiger charge is 2.14. The van der Waals surface area contributed by atoms with Crippen LogP contribution in [-0.4, -0.2) is 38.2 Å². The standard InChI is InChI=1S/C15H23FN2O/c1-18(9-7-13-4-3-8-17-13)11-12-5-6-15(19-2)14(16)10-12/h5-6,10,13,17H,3-4,7-9,11H2,1-2H3. The van der Waals surface area contributed by atoms with Gasteiger partial charge in [-0.05, 0) is 57.1 Å². The molecule has 1 fully saturated rings. The molecule has 3 nitrogen and oxygen atoms in total. The number of nitrogens with one attached hydrogen (secondary N) is 1. The van der Waals surface area contributed by atoms with Gasteiger partial charge in [-0.25, -0.2) is 4.39 Å². The van der Waals surface area contributed by atoms with Crippen molar-refractivity contribution in [3.8, 4) is 5.75 Å². The third-order valence-corrected chi connectivity index (χ3v) is 3.69. The smallest absolute Gasteiger partial charge is 0.165 e. The van der Waals surface area contributed by atoms with Crippen LogP contribution in [0.4, 0.5) is 4.39 Å². The van der Waals surface area contributed by atoms with Crippen LogP contribution in [0.5, 0.6) is 5.75 Å². The van der Waals surface area contributed by atoms with E-state index in [1.807, 2.05) is 6.07 Å². The largest absolute Gasteiger partial charge is 0.494 e. The fraction of sp³-hybridized carbons (Fsp3) is 0.600. The number of ether oxygens (including phenoxy) is 1. The fourth-order valence-electron chi connectivity index (χ4n) is 2.58. The highest BCUT2D eigenvalue weighted by atomic mass is 19.1. The number of rotatable bonds is 6. The summed E-state index contributed by atoms with van der Waals surface area (Å²) in [6, 6.07) is 5.84. The van der Waals surface area contributed by atoms with E-state index in [2.05, 4.69) is 17.3 Å². The first-order chi connectivity index (χ1) is 9.19. The lowest BCUT2D eigenvalue weighted by Crippen LogP contribution is -2.28. The molecule has 0 amide bonds. The molecule has 2 rings (SSSR count). The average Bonchev–Trinajstić information content (AvgIpc) is 2.90. The number of hydrogen-bond donors (Lipinski definition) is 1. The van der Waals surface area contributed by atoms with Gasteiger partial charge in [0.1, 0.15) is 0 Å². The van der Waals surface area contributed by atoms with E-state index < -0.39 is 0 Å². The molecule has 1 N–H and O–H groups in total. The quantitative estimate of drug-likeness (QED) is 0.855. The molecule has 1 heterocycles. The molecule has 19 heavy (non-hydrogen) atoms. The Balaban J connectivity index is 1.80. The second kappa shape index (κ2) is 6.87. The number of methoxy groups -OCH3 is 1. The van der Waals surface area contributed by atoms with Crippen molar-refractivity contribution in [1.29, 1.82) is 0 Å². The van der Waals surface area contributed by atoms with Gasteiger partial charge >= 0.3 is 0 Å². The molecule has 0 aliphatic carbocycles. The first-order valence-electron chi connectivity index (χ1n) is 6.93. The van der Waals surface area contributed by atoms with Gasteiger partial charge in [0.2, 0.25) is 0 Å². The molecule has 0 bridgehead atoms. The SMILES string of the molecule is COc1ccc(CN(C)CCC2CCCN2)cc1F. The van der Waals surface area contributed by atoms with Crippen LogP contribution in [-0.2, 0) is 6.54 Å². The summed E-state index contributed by atoms with van der Waals surface area (Å²) in [5, 5.41) is 3.50. The Hall–Kier alpha value is -1.13. The van der Waals surface area contributed by atoms with Gasteiger partial charge in [-0.1, -0.05) is 6.07 Å². The zero-order chi connectivity index (χ0) is 13.7. The van der Waals surface area contributed by atoms with Crippen molar-refractivity contribution < 1.29 is 9.13 Å². The van der Waals surface area contributed by atoms with E-state index in [-0.39, 0.29) is 5.82 Å². The molecule has 1 aliphatic heterocycles. The number of hydrogen-bond acceptors (Lipinski definition) is 3. The topological polar surface area (TPSA) is 24.5 Å². The Morgan fingerprint density at radius 3 is 2.95 bits per heavy atom. The predicted octanol–water partition coefficient (Wildman–Crippen LogP) is 2.41. The summed E-state index contributed by atoms with van der Waals surface area (Å²) in [5.41, 5.74) is 0.986. The zero-order valence-electron chi connectivity index (χ0n) is 11.8. The maximum absolute atomic E-state index is 13.6. The van der Waals surface area contributed by atoms with Crippen LogP contribution in [0, 0.1) is 5.82 Å². The van der Waals surface area contributed by atoms with Crippen molar-refractivity contribution in [3.05, 3.63) is 29.6 Å². The summed E-state index contributed by atoms with van der Waals surface area (Å²) in [5.74, 6) is 0.0208. The van der Waals surface area contributed by atoms with E-state index in [4.69, 9.17) is 4.74 Å². The molecule has 1 unspecified atom stereocenters. The minimum absolute atomic E-state index is 0.286. The predicted molar refractivity (Wildman–Crippen MR) is 74.9 cm³/mol. The van der Waals surface area contributed by atoms with Gasteiger partial charge in [0.25, 0.3) is 0 Å². The van der Waals surface area contributed by atoms with Crippen LogP contribution in [0.15, 0.2) is 18.2 Å². The van der Waals surface area contributed by atoms with Gasteiger partial charge in [0.05, 0.1) is 7.11 Å².